The molecule has 1 saturated carbocycles. The monoisotopic (exact) mass is 506 g/mol. The molecule has 1 unspecified atom stereocenters. The lowest BCUT2D eigenvalue weighted by Crippen LogP contribution is -2.06. The van der Waals surface area contributed by atoms with E-state index in [-0.39, 0.29) is 18.2 Å². The number of ether oxygens (including phenoxy) is 2. The van der Waals surface area contributed by atoms with Gasteiger partial charge in [-0.2, -0.15) is 0 Å². The van der Waals surface area contributed by atoms with Gasteiger partial charge < -0.3 is 14.6 Å². The molecule has 1 N–H and O–H groups in total. The van der Waals surface area contributed by atoms with E-state index in [1.54, 1.807) is 19.2 Å². The normalized spacial score (nSPS) is 13.5. The van der Waals surface area contributed by atoms with Gasteiger partial charge in [0.05, 0.1) is 7.11 Å². The van der Waals surface area contributed by atoms with Crippen molar-refractivity contribution in [2.24, 2.45) is 11.8 Å². The SMILES string of the molecule is CC1CC1.COc1ccc(F)c(-c2ccc(COc3cccc(CCC(=O)O)c3)cc2C(C)C(C)C)c1. The summed E-state index contributed by atoms with van der Waals surface area (Å²) in [6.07, 6.45) is 3.52. The fraction of sp³-hybridized carbons (Fsp3) is 0.406. The van der Waals surface area contributed by atoms with Crippen molar-refractivity contribution in [1.29, 1.82) is 0 Å². The average Bonchev–Trinajstić information content (AvgIpc) is 3.68. The number of rotatable bonds is 10. The van der Waals surface area contributed by atoms with Gasteiger partial charge in [-0.3, -0.25) is 4.79 Å². The summed E-state index contributed by atoms with van der Waals surface area (Å²) in [6, 6.07) is 18.3. The van der Waals surface area contributed by atoms with E-state index in [1.807, 2.05) is 36.4 Å². The van der Waals surface area contributed by atoms with Gasteiger partial charge in [0.25, 0.3) is 0 Å². The van der Waals surface area contributed by atoms with Crippen LogP contribution in [0.15, 0.2) is 60.7 Å². The number of benzene rings is 3. The summed E-state index contributed by atoms with van der Waals surface area (Å²) in [5.41, 5.74) is 4.35. The minimum Gasteiger partial charge on any atom is -0.497 e. The third kappa shape index (κ3) is 8.63. The summed E-state index contributed by atoms with van der Waals surface area (Å²) in [6.45, 7) is 9.10. The standard InChI is InChI=1S/C28H31FO4.C4H8/c1-18(2)19(3)25-15-21(8-11-24(25)26-16-22(32-4)10-12-27(26)29)17-33-23-7-5-6-20(14-23)9-13-28(30)31;1-4-2-3-4/h5-8,10-12,14-16,18-19H,9,13,17H2,1-4H3,(H,30,31);4H,2-3H2,1H3. The Morgan fingerprint density at radius 3 is 2.32 bits per heavy atom. The third-order valence-electron chi connectivity index (χ3n) is 6.87. The van der Waals surface area contributed by atoms with E-state index in [1.165, 1.54) is 18.9 Å². The van der Waals surface area contributed by atoms with Crippen molar-refractivity contribution < 1.29 is 23.8 Å². The fourth-order valence-electron chi connectivity index (χ4n) is 3.90. The maximum Gasteiger partial charge on any atom is 0.303 e. The number of hydrogen-bond donors (Lipinski definition) is 1. The van der Waals surface area contributed by atoms with Crippen LogP contribution in [-0.2, 0) is 17.8 Å². The first-order valence-electron chi connectivity index (χ1n) is 13.1. The molecule has 5 heteroatoms. The molecule has 0 aromatic heterocycles. The maximum absolute atomic E-state index is 14.7. The van der Waals surface area contributed by atoms with Crippen molar-refractivity contribution in [1.82, 2.24) is 0 Å². The highest BCUT2D eigenvalue weighted by molar-refractivity contribution is 5.70. The van der Waals surface area contributed by atoms with Crippen LogP contribution in [-0.4, -0.2) is 18.2 Å². The van der Waals surface area contributed by atoms with Gasteiger partial charge in [-0.15, -0.1) is 0 Å². The van der Waals surface area contributed by atoms with Gasteiger partial charge in [0.2, 0.25) is 0 Å². The Bertz CT molecular complexity index is 1180. The molecule has 3 aromatic rings. The molecule has 0 saturated heterocycles. The quantitative estimate of drug-likeness (QED) is 0.301. The zero-order chi connectivity index (χ0) is 26.9. The Morgan fingerprint density at radius 1 is 0.973 bits per heavy atom. The highest BCUT2D eigenvalue weighted by Gasteiger charge is 2.19. The number of carboxylic acid groups (broad SMARTS) is 1. The molecular formula is C32H39FO4. The first kappa shape index (κ1) is 28.2. The lowest BCUT2D eigenvalue weighted by Gasteiger charge is -2.22. The van der Waals surface area contributed by atoms with Crippen LogP contribution < -0.4 is 9.47 Å². The molecule has 0 aliphatic heterocycles. The van der Waals surface area contributed by atoms with Crippen LogP contribution in [0.5, 0.6) is 11.5 Å². The summed E-state index contributed by atoms with van der Waals surface area (Å²) in [4.78, 5) is 10.8. The van der Waals surface area contributed by atoms with Crippen LogP contribution in [0.4, 0.5) is 4.39 Å². The molecule has 0 amide bonds. The van der Waals surface area contributed by atoms with E-state index in [2.05, 4.69) is 33.8 Å². The number of halogens is 1. The number of aliphatic carboxylic acids is 1. The van der Waals surface area contributed by atoms with Crippen LogP contribution in [0.2, 0.25) is 0 Å². The molecule has 0 heterocycles. The lowest BCUT2D eigenvalue weighted by atomic mass is 9.84. The Hall–Kier alpha value is -3.34. The molecule has 0 spiro atoms. The van der Waals surface area contributed by atoms with Crippen LogP contribution >= 0.6 is 0 Å². The van der Waals surface area contributed by atoms with Gasteiger partial charge in [-0.25, -0.2) is 4.39 Å². The lowest BCUT2D eigenvalue weighted by molar-refractivity contribution is -0.136. The Balaban J connectivity index is 0.000000865. The topological polar surface area (TPSA) is 55.8 Å². The van der Waals surface area contributed by atoms with Crippen molar-refractivity contribution in [3.63, 3.8) is 0 Å². The Kier molecular flexibility index (Phi) is 10.1. The summed E-state index contributed by atoms with van der Waals surface area (Å²) in [5, 5.41) is 8.90. The minimum absolute atomic E-state index is 0.0855. The van der Waals surface area contributed by atoms with Crippen molar-refractivity contribution in [3.05, 3.63) is 83.2 Å². The van der Waals surface area contributed by atoms with E-state index in [0.29, 0.717) is 36.0 Å². The number of carboxylic acids is 1. The average molecular weight is 507 g/mol. The van der Waals surface area contributed by atoms with E-state index < -0.39 is 5.97 Å². The van der Waals surface area contributed by atoms with Crippen molar-refractivity contribution >= 4 is 5.97 Å². The fourth-order valence-corrected chi connectivity index (χ4v) is 3.90. The van der Waals surface area contributed by atoms with Gasteiger partial charge in [0.1, 0.15) is 23.9 Å². The smallest absolute Gasteiger partial charge is 0.303 e. The highest BCUT2D eigenvalue weighted by atomic mass is 19.1. The molecular weight excluding hydrogens is 467 g/mol. The maximum atomic E-state index is 14.7. The molecule has 1 atom stereocenters. The first-order valence-corrected chi connectivity index (χ1v) is 13.1. The van der Waals surface area contributed by atoms with Crippen molar-refractivity contribution in [2.45, 2.75) is 65.9 Å². The molecule has 3 aromatic carbocycles. The molecule has 4 nitrogen and oxygen atoms in total. The molecule has 37 heavy (non-hydrogen) atoms. The zero-order valence-corrected chi connectivity index (χ0v) is 22.6. The number of aryl methyl sites for hydroxylation is 1. The summed E-state index contributed by atoms with van der Waals surface area (Å²) >= 11 is 0. The summed E-state index contributed by atoms with van der Waals surface area (Å²) < 4.78 is 26.0. The van der Waals surface area contributed by atoms with Crippen molar-refractivity contribution in [2.75, 3.05) is 7.11 Å². The highest BCUT2D eigenvalue weighted by Crippen LogP contribution is 2.37. The second kappa shape index (κ2) is 13.3. The van der Waals surface area contributed by atoms with E-state index >= 15 is 0 Å². The predicted molar refractivity (Wildman–Crippen MR) is 147 cm³/mol. The molecule has 1 fully saturated rings. The van der Waals surface area contributed by atoms with Gasteiger partial charge in [0, 0.05) is 12.0 Å². The zero-order valence-electron chi connectivity index (χ0n) is 22.6. The van der Waals surface area contributed by atoms with E-state index in [4.69, 9.17) is 14.6 Å². The first-order chi connectivity index (χ1) is 17.7. The number of carbonyl (C=O) groups is 1. The second-order valence-electron chi connectivity index (χ2n) is 10.3. The molecule has 4 rings (SSSR count). The number of methoxy groups -OCH3 is 1. The van der Waals surface area contributed by atoms with Gasteiger partial charge >= 0.3 is 5.97 Å². The van der Waals surface area contributed by atoms with E-state index in [9.17, 15) is 9.18 Å². The summed E-state index contributed by atoms with van der Waals surface area (Å²) in [5.74, 6) is 1.88. The molecule has 1 aliphatic rings. The second-order valence-corrected chi connectivity index (χ2v) is 10.3. The molecule has 1 aliphatic carbocycles. The van der Waals surface area contributed by atoms with E-state index in [0.717, 1.165) is 28.2 Å². The molecule has 198 valence electrons. The van der Waals surface area contributed by atoms with Crippen LogP contribution in [0.25, 0.3) is 11.1 Å². The minimum atomic E-state index is -0.819. The third-order valence-corrected chi connectivity index (χ3v) is 6.87. The van der Waals surface area contributed by atoms with Crippen LogP contribution in [0.3, 0.4) is 0 Å². The van der Waals surface area contributed by atoms with Gasteiger partial charge in [0.15, 0.2) is 0 Å². The summed E-state index contributed by atoms with van der Waals surface area (Å²) in [7, 11) is 1.58. The Morgan fingerprint density at radius 2 is 1.70 bits per heavy atom. The van der Waals surface area contributed by atoms with Crippen LogP contribution in [0.1, 0.15) is 69.6 Å². The molecule has 0 bridgehead atoms. The van der Waals surface area contributed by atoms with Crippen molar-refractivity contribution in [3.8, 4) is 22.6 Å². The van der Waals surface area contributed by atoms with Gasteiger partial charge in [-0.05, 0) is 76.8 Å². The number of hydrogen-bond acceptors (Lipinski definition) is 3. The largest absolute Gasteiger partial charge is 0.497 e. The van der Waals surface area contributed by atoms with Gasteiger partial charge in [-0.1, -0.05) is 70.9 Å². The van der Waals surface area contributed by atoms with Crippen LogP contribution in [0, 0.1) is 17.7 Å². The molecule has 0 radical (unpaired) electrons. The predicted octanol–water partition coefficient (Wildman–Crippen LogP) is 8.27. The Labute approximate surface area is 220 Å².